The molecule has 0 radical (unpaired) electrons. The number of alkyl halides is 3. The molecule has 0 aliphatic heterocycles. The lowest BCUT2D eigenvalue weighted by Gasteiger charge is -2.09. The molecule has 0 unspecified atom stereocenters. The number of carbonyl (C=O) groups is 1. The van der Waals surface area contributed by atoms with Gasteiger partial charge < -0.3 is 5.32 Å². The van der Waals surface area contributed by atoms with E-state index in [2.05, 4.69) is 20.8 Å². The third-order valence-corrected chi connectivity index (χ3v) is 3.50. The highest BCUT2D eigenvalue weighted by Crippen LogP contribution is 2.29. The molecule has 1 heterocycles. The Morgan fingerprint density at radius 2 is 1.68 bits per heavy atom. The Hall–Kier alpha value is -3.23. The van der Waals surface area contributed by atoms with Crippen LogP contribution in [-0.2, 0) is 13.2 Å². The van der Waals surface area contributed by atoms with Crippen LogP contribution in [0.3, 0.4) is 0 Å². The molecular formula is C16H12F3N5O. The largest absolute Gasteiger partial charge is 0.416 e. The SMILES string of the molecule is Cn1nnnc1-c1ccc(NC(=O)c2ccc(C(F)(F)F)cc2)cc1. The smallest absolute Gasteiger partial charge is 0.322 e. The van der Waals surface area contributed by atoms with Crippen molar-refractivity contribution in [1.82, 2.24) is 20.2 Å². The topological polar surface area (TPSA) is 72.7 Å². The van der Waals surface area contributed by atoms with Crippen LogP contribution in [0.15, 0.2) is 48.5 Å². The molecule has 0 saturated carbocycles. The van der Waals surface area contributed by atoms with E-state index in [4.69, 9.17) is 0 Å². The summed E-state index contributed by atoms with van der Waals surface area (Å²) in [6.07, 6.45) is -4.43. The molecule has 3 rings (SSSR count). The molecule has 0 bridgehead atoms. The van der Waals surface area contributed by atoms with Crippen LogP contribution in [0.2, 0.25) is 0 Å². The van der Waals surface area contributed by atoms with E-state index in [0.29, 0.717) is 11.5 Å². The third kappa shape index (κ3) is 3.65. The van der Waals surface area contributed by atoms with E-state index in [0.717, 1.165) is 29.8 Å². The molecule has 0 aliphatic rings. The summed E-state index contributed by atoms with van der Waals surface area (Å²) in [5, 5.41) is 13.8. The van der Waals surface area contributed by atoms with Gasteiger partial charge in [-0.1, -0.05) is 0 Å². The van der Waals surface area contributed by atoms with Gasteiger partial charge in [-0.05, 0) is 59.0 Å². The Labute approximate surface area is 140 Å². The number of tetrazole rings is 1. The number of benzene rings is 2. The first-order chi connectivity index (χ1) is 11.8. The van der Waals surface area contributed by atoms with E-state index in [1.165, 1.54) is 4.68 Å². The zero-order chi connectivity index (χ0) is 18.0. The van der Waals surface area contributed by atoms with Gasteiger partial charge in [0.1, 0.15) is 0 Å². The number of carbonyl (C=O) groups excluding carboxylic acids is 1. The summed E-state index contributed by atoms with van der Waals surface area (Å²) in [7, 11) is 1.70. The maximum absolute atomic E-state index is 12.5. The molecule has 6 nitrogen and oxygen atoms in total. The fraction of sp³-hybridized carbons (Fsp3) is 0.125. The summed E-state index contributed by atoms with van der Waals surface area (Å²) in [4.78, 5) is 12.1. The molecule has 2 aromatic carbocycles. The van der Waals surface area contributed by atoms with Crippen molar-refractivity contribution in [2.75, 3.05) is 5.32 Å². The minimum absolute atomic E-state index is 0.134. The summed E-state index contributed by atoms with van der Waals surface area (Å²) in [5.74, 6) is 0.0717. The van der Waals surface area contributed by atoms with Gasteiger partial charge in [-0.2, -0.15) is 13.2 Å². The molecule has 9 heteroatoms. The molecule has 25 heavy (non-hydrogen) atoms. The van der Waals surface area contributed by atoms with Crippen LogP contribution in [0.4, 0.5) is 18.9 Å². The van der Waals surface area contributed by atoms with E-state index < -0.39 is 17.6 Å². The molecular weight excluding hydrogens is 335 g/mol. The monoisotopic (exact) mass is 347 g/mol. The Balaban J connectivity index is 1.72. The average molecular weight is 347 g/mol. The first kappa shape index (κ1) is 16.6. The Kier molecular flexibility index (Phi) is 4.22. The quantitative estimate of drug-likeness (QED) is 0.790. The minimum Gasteiger partial charge on any atom is -0.322 e. The lowest BCUT2D eigenvalue weighted by molar-refractivity contribution is -0.137. The summed E-state index contributed by atoms with van der Waals surface area (Å²) in [6.45, 7) is 0. The molecule has 0 aliphatic carbocycles. The number of aromatic nitrogens is 4. The van der Waals surface area contributed by atoms with Crippen molar-refractivity contribution >= 4 is 11.6 Å². The van der Waals surface area contributed by atoms with Gasteiger partial charge in [0.05, 0.1) is 5.56 Å². The van der Waals surface area contributed by atoms with Crippen LogP contribution < -0.4 is 5.32 Å². The fourth-order valence-corrected chi connectivity index (χ4v) is 2.19. The van der Waals surface area contributed by atoms with Gasteiger partial charge in [-0.3, -0.25) is 4.79 Å². The molecule has 1 amide bonds. The summed E-state index contributed by atoms with van der Waals surface area (Å²) in [6, 6.07) is 10.8. The molecule has 0 fully saturated rings. The number of nitrogens with one attached hydrogen (secondary N) is 1. The molecule has 0 spiro atoms. The van der Waals surface area contributed by atoms with Crippen molar-refractivity contribution in [3.63, 3.8) is 0 Å². The molecule has 0 saturated heterocycles. The summed E-state index contributed by atoms with van der Waals surface area (Å²) >= 11 is 0. The predicted molar refractivity (Wildman–Crippen MR) is 83.6 cm³/mol. The number of anilines is 1. The molecule has 1 N–H and O–H groups in total. The van der Waals surface area contributed by atoms with Crippen LogP contribution in [-0.4, -0.2) is 26.1 Å². The Morgan fingerprint density at radius 3 is 2.20 bits per heavy atom. The van der Waals surface area contributed by atoms with Gasteiger partial charge in [-0.15, -0.1) is 5.10 Å². The second-order valence-corrected chi connectivity index (χ2v) is 5.23. The maximum atomic E-state index is 12.5. The molecule has 3 aromatic rings. The number of hydrogen-bond donors (Lipinski definition) is 1. The first-order valence-electron chi connectivity index (χ1n) is 7.16. The second kappa shape index (κ2) is 6.34. The number of rotatable bonds is 3. The molecule has 0 atom stereocenters. The normalized spacial score (nSPS) is 11.4. The maximum Gasteiger partial charge on any atom is 0.416 e. The number of nitrogens with zero attached hydrogens (tertiary/aromatic N) is 4. The third-order valence-electron chi connectivity index (χ3n) is 3.50. The molecule has 128 valence electrons. The second-order valence-electron chi connectivity index (χ2n) is 5.23. The predicted octanol–water partition coefficient (Wildman–Crippen LogP) is 3.15. The summed E-state index contributed by atoms with van der Waals surface area (Å²) in [5.41, 5.74) is 0.601. The van der Waals surface area contributed by atoms with Gasteiger partial charge in [0.25, 0.3) is 5.91 Å². The van der Waals surface area contributed by atoms with Gasteiger partial charge in [0, 0.05) is 23.9 Å². The number of aryl methyl sites for hydroxylation is 1. The van der Waals surface area contributed by atoms with Crippen molar-refractivity contribution in [3.8, 4) is 11.4 Å². The van der Waals surface area contributed by atoms with Crippen molar-refractivity contribution in [2.24, 2.45) is 7.05 Å². The standard InChI is InChI=1S/C16H12F3N5O/c1-24-14(21-22-23-24)10-4-8-13(9-5-10)20-15(25)11-2-6-12(7-3-11)16(17,18)19/h2-9H,1H3,(H,20,25). The van der Waals surface area contributed by atoms with E-state index in [1.807, 2.05) is 0 Å². The van der Waals surface area contributed by atoms with E-state index in [1.54, 1.807) is 31.3 Å². The van der Waals surface area contributed by atoms with Gasteiger partial charge in [-0.25, -0.2) is 4.68 Å². The first-order valence-corrected chi connectivity index (χ1v) is 7.16. The number of halogens is 3. The van der Waals surface area contributed by atoms with Crippen LogP contribution in [0, 0.1) is 0 Å². The van der Waals surface area contributed by atoms with Crippen LogP contribution in [0.1, 0.15) is 15.9 Å². The van der Waals surface area contributed by atoms with E-state index in [-0.39, 0.29) is 5.56 Å². The highest BCUT2D eigenvalue weighted by atomic mass is 19.4. The Morgan fingerprint density at radius 1 is 1.04 bits per heavy atom. The minimum atomic E-state index is -4.43. The van der Waals surface area contributed by atoms with Crippen molar-refractivity contribution in [3.05, 3.63) is 59.7 Å². The zero-order valence-corrected chi connectivity index (χ0v) is 12.9. The van der Waals surface area contributed by atoms with Crippen LogP contribution in [0.25, 0.3) is 11.4 Å². The fourth-order valence-electron chi connectivity index (χ4n) is 2.19. The van der Waals surface area contributed by atoms with Crippen molar-refractivity contribution in [1.29, 1.82) is 0 Å². The van der Waals surface area contributed by atoms with Gasteiger partial charge >= 0.3 is 6.18 Å². The lowest BCUT2D eigenvalue weighted by Crippen LogP contribution is -2.12. The number of amides is 1. The Bertz CT molecular complexity index is 885. The highest BCUT2D eigenvalue weighted by molar-refractivity contribution is 6.04. The summed E-state index contributed by atoms with van der Waals surface area (Å²) < 4.78 is 39.1. The van der Waals surface area contributed by atoms with E-state index >= 15 is 0 Å². The van der Waals surface area contributed by atoms with Crippen molar-refractivity contribution < 1.29 is 18.0 Å². The lowest BCUT2D eigenvalue weighted by atomic mass is 10.1. The van der Waals surface area contributed by atoms with Crippen LogP contribution >= 0.6 is 0 Å². The van der Waals surface area contributed by atoms with Crippen LogP contribution in [0.5, 0.6) is 0 Å². The van der Waals surface area contributed by atoms with E-state index in [9.17, 15) is 18.0 Å². The van der Waals surface area contributed by atoms with Gasteiger partial charge in [0.15, 0.2) is 5.82 Å². The van der Waals surface area contributed by atoms with Gasteiger partial charge in [0.2, 0.25) is 0 Å². The number of hydrogen-bond acceptors (Lipinski definition) is 4. The zero-order valence-electron chi connectivity index (χ0n) is 12.9. The van der Waals surface area contributed by atoms with Crippen molar-refractivity contribution in [2.45, 2.75) is 6.18 Å². The highest BCUT2D eigenvalue weighted by Gasteiger charge is 2.30. The average Bonchev–Trinajstić information content (AvgIpc) is 3.01. The molecule has 1 aromatic heterocycles.